The molecule has 4 N–H and O–H groups in total. The lowest BCUT2D eigenvalue weighted by Crippen LogP contribution is -2.39. The molecule has 6 nitrogen and oxygen atoms in total. The molecule has 1 aliphatic heterocycles. The maximum Gasteiger partial charge on any atom is 0.337 e. The van der Waals surface area contributed by atoms with E-state index in [1.807, 2.05) is 0 Å². The molecule has 0 radical (unpaired) electrons. The summed E-state index contributed by atoms with van der Waals surface area (Å²) in [5.41, 5.74) is 6.32. The maximum absolute atomic E-state index is 12.0. The van der Waals surface area contributed by atoms with E-state index in [1.165, 1.54) is 18.2 Å². The summed E-state index contributed by atoms with van der Waals surface area (Å²) in [6.07, 6.45) is 3.09. The molecule has 102 valence electrons. The molecular weight excluding hydrogens is 246 g/mol. The molecule has 1 fully saturated rings. The summed E-state index contributed by atoms with van der Waals surface area (Å²) in [7, 11) is 0. The summed E-state index contributed by atoms with van der Waals surface area (Å²) in [6, 6.07) is 4.09. The quantitative estimate of drug-likeness (QED) is 0.711. The van der Waals surface area contributed by atoms with Crippen LogP contribution in [0.15, 0.2) is 18.2 Å². The monoisotopic (exact) mass is 263 g/mol. The number of benzene rings is 1. The van der Waals surface area contributed by atoms with Crippen LogP contribution >= 0.6 is 0 Å². The van der Waals surface area contributed by atoms with Gasteiger partial charge in [-0.1, -0.05) is 0 Å². The Hall–Kier alpha value is -2.24. The lowest BCUT2D eigenvalue weighted by atomic mass is 10.1. The summed E-state index contributed by atoms with van der Waals surface area (Å²) in [5, 5.41) is 11.7. The first-order chi connectivity index (χ1) is 9.08. The van der Waals surface area contributed by atoms with Crippen molar-refractivity contribution in [2.45, 2.75) is 19.3 Å². The summed E-state index contributed by atoms with van der Waals surface area (Å²) in [5.74, 6) is -1.09. The van der Waals surface area contributed by atoms with Crippen molar-refractivity contribution >= 4 is 23.4 Å². The second-order valence-electron chi connectivity index (χ2n) is 4.59. The van der Waals surface area contributed by atoms with E-state index in [0.717, 1.165) is 19.3 Å². The van der Waals surface area contributed by atoms with Crippen molar-refractivity contribution in [1.82, 2.24) is 4.90 Å². The number of hydrogen-bond donors (Lipinski definition) is 3. The van der Waals surface area contributed by atoms with Gasteiger partial charge in [0, 0.05) is 18.8 Å². The van der Waals surface area contributed by atoms with E-state index in [-0.39, 0.29) is 17.3 Å². The molecule has 2 amide bonds. The molecule has 0 unspecified atom stereocenters. The van der Waals surface area contributed by atoms with Crippen LogP contribution in [0.25, 0.3) is 0 Å². The van der Waals surface area contributed by atoms with E-state index in [0.29, 0.717) is 18.8 Å². The minimum absolute atomic E-state index is 0.0413. The fraction of sp³-hybridized carbons (Fsp3) is 0.385. The van der Waals surface area contributed by atoms with Gasteiger partial charge in [-0.15, -0.1) is 0 Å². The molecule has 6 heteroatoms. The number of rotatable bonds is 2. The van der Waals surface area contributed by atoms with Gasteiger partial charge in [0.25, 0.3) is 0 Å². The summed E-state index contributed by atoms with van der Waals surface area (Å²) < 4.78 is 0. The van der Waals surface area contributed by atoms with Gasteiger partial charge in [-0.2, -0.15) is 0 Å². The number of carbonyl (C=O) groups excluding carboxylic acids is 1. The molecule has 19 heavy (non-hydrogen) atoms. The average molecular weight is 263 g/mol. The van der Waals surface area contributed by atoms with Gasteiger partial charge < -0.3 is 21.1 Å². The number of nitrogens with two attached hydrogens (primary N) is 1. The smallest absolute Gasteiger partial charge is 0.337 e. The number of nitrogens with one attached hydrogen (secondary N) is 1. The van der Waals surface area contributed by atoms with Gasteiger partial charge in [0.1, 0.15) is 0 Å². The van der Waals surface area contributed by atoms with Crippen molar-refractivity contribution in [2.24, 2.45) is 0 Å². The minimum Gasteiger partial charge on any atom is -0.478 e. The molecule has 0 saturated carbocycles. The molecule has 1 aliphatic rings. The van der Waals surface area contributed by atoms with Crippen molar-refractivity contribution in [2.75, 3.05) is 24.1 Å². The van der Waals surface area contributed by atoms with Crippen LogP contribution in [0.3, 0.4) is 0 Å². The van der Waals surface area contributed by atoms with E-state index < -0.39 is 5.97 Å². The molecule has 1 saturated heterocycles. The Morgan fingerprint density at radius 2 is 1.89 bits per heavy atom. The summed E-state index contributed by atoms with van der Waals surface area (Å²) in [4.78, 5) is 24.8. The maximum atomic E-state index is 12.0. The predicted octanol–water partition coefficient (Wildman–Crippen LogP) is 1.98. The largest absolute Gasteiger partial charge is 0.478 e. The van der Waals surface area contributed by atoms with Crippen molar-refractivity contribution in [3.8, 4) is 0 Å². The molecule has 1 aromatic rings. The van der Waals surface area contributed by atoms with Crippen LogP contribution in [0, 0.1) is 0 Å². The number of likely N-dealkylation sites (tertiary alicyclic amines) is 1. The van der Waals surface area contributed by atoms with Gasteiger partial charge in [-0.05, 0) is 37.5 Å². The Morgan fingerprint density at radius 1 is 1.21 bits per heavy atom. The van der Waals surface area contributed by atoms with Crippen molar-refractivity contribution in [3.63, 3.8) is 0 Å². The zero-order chi connectivity index (χ0) is 13.8. The molecular formula is C13H17N3O3. The van der Waals surface area contributed by atoms with Crippen LogP contribution < -0.4 is 11.1 Å². The molecule has 0 bridgehead atoms. The van der Waals surface area contributed by atoms with Crippen LogP contribution in [0.2, 0.25) is 0 Å². The lowest BCUT2D eigenvalue weighted by Gasteiger charge is -2.27. The van der Waals surface area contributed by atoms with Gasteiger partial charge in [0.15, 0.2) is 0 Å². The Kier molecular flexibility index (Phi) is 3.89. The molecule has 0 aromatic heterocycles. The second-order valence-corrected chi connectivity index (χ2v) is 4.59. The number of carboxylic acids is 1. The van der Waals surface area contributed by atoms with Crippen molar-refractivity contribution in [3.05, 3.63) is 23.8 Å². The van der Waals surface area contributed by atoms with Crippen LogP contribution in [0.4, 0.5) is 16.2 Å². The highest BCUT2D eigenvalue weighted by Crippen LogP contribution is 2.20. The first kappa shape index (κ1) is 13.2. The molecule has 1 aromatic carbocycles. The van der Waals surface area contributed by atoms with E-state index >= 15 is 0 Å². The SMILES string of the molecule is Nc1ccc(C(=O)O)c(NC(=O)N2CCCCC2)c1. The number of anilines is 2. The number of piperidine rings is 1. The number of aromatic carboxylic acids is 1. The number of hydrogen-bond acceptors (Lipinski definition) is 3. The predicted molar refractivity (Wildman–Crippen MR) is 72.3 cm³/mol. The first-order valence-corrected chi connectivity index (χ1v) is 6.26. The normalized spacial score (nSPS) is 15.1. The van der Waals surface area contributed by atoms with Gasteiger partial charge in [-0.3, -0.25) is 0 Å². The Balaban J connectivity index is 2.15. The number of nitrogens with zero attached hydrogens (tertiary/aromatic N) is 1. The summed E-state index contributed by atoms with van der Waals surface area (Å²) >= 11 is 0. The molecule has 0 spiro atoms. The van der Waals surface area contributed by atoms with Crippen LogP contribution in [-0.2, 0) is 0 Å². The van der Waals surface area contributed by atoms with Gasteiger partial charge in [0.2, 0.25) is 0 Å². The Morgan fingerprint density at radius 3 is 2.53 bits per heavy atom. The fourth-order valence-corrected chi connectivity index (χ4v) is 2.14. The van der Waals surface area contributed by atoms with Gasteiger partial charge in [0.05, 0.1) is 11.3 Å². The van der Waals surface area contributed by atoms with Crippen molar-refractivity contribution in [1.29, 1.82) is 0 Å². The summed E-state index contributed by atoms with van der Waals surface area (Å²) in [6.45, 7) is 1.41. The number of carbonyl (C=O) groups is 2. The number of nitrogen functional groups attached to an aromatic ring is 1. The molecule has 0 atom stereocenters. The third-order valence-electron chi connectivity index (χ3n) is 3.16. The van der Waals surface area contributed by atoms with Gasteiger partial charge in [-0.25, -0.2) is 9.59 Å². The van der Waals surface area contributed by atoms with E-state index in [1.54, 1.807) is 4.90 Å². The number of amides is 2. The molecule has 2 rings (SSSR count). The van der Waals surface area contributed by atoms with Crippen LogP contribution in [0.1, 0.15) is 29.6 Å². The van der Waals surface area contributed by atoms with E-state index in [4.69, 9.17) is 10.8 Å². The zero-order valence-electron chi connectivity index (χ0n) is 10.6. The van der Waals surface area contributed by atoms with Crippen molar-refractivity contribution < 1.29 is 14.7 Å². The number of urea groups is 1. The second kappa shape index (κ2) is 5.60. The van der Waals surface area contributed by atoms with E-state index in [9.17, 15) is 9.59 Å². The molecule has 0 aliphatic carbocycles. The molecule has 1 heterocycles. The standard InChI is InChI=1S/C13H17N3O3/c14-9-4-5-10(12(17)18)11(8-9)15-13(19)16-6-2-1-3-7-16/h4-5,8H,1-3,6-7,14H2,(H,15,19)(H,17,18). The number of carboxylic acid groups (broad SMARTS) is 1. The lowest BCUT2D eigenvalue weighted by molar-refractivity contribution is 0.0698. The van der Waals surface area contributed by atoms with Crippen LogP contribution in [0.5, 0.6) is 0 Å². The average Bonchev–Trinajstić information content (AvgIpc) is 2.39. The Bertz CT molecular complexity index is 496. The Labute approximate surface area is 111 Å². The third-order valence-corrected chi connectivity index (χ3v) is 3.16. The van der Waals surface area contributed by atoms with Gasteiger partial charge >= 0.3 is 12.0 Å². The highest BCUT2D eigenvalue weighted by Gasteiger charge is 2.19. The zero-order valence-corrected chi connectivity index (χ0v) is 10.6. The van der Waals surface area contributed by atoms with Crippen LogP contribution in [-0.4, -0.2) is 35.1 Å². The highest BCUT2D eigenvalue weighted by molar-refractivity contribution is 6.00. The fourth-order valence-electron chi connectivity index (χ4n) is 2.14. The minimum atomic E-state index is -1.09. The highest BCUT2D eigenvalue weighted by atomic mass is 16.4. The van der Waals surface area contributed by atoms with E-state index in [2.05, 4.69) is 5.32 Å². The first-order valence-electron chi connectivity index (χ1n) is 6.26. The topological polar surface area (TPSA) is 95.7 Å². The third kappa shape index (κ3) is 3.15.